The van der Waals surface area contributed by atoms with Crippen molar-refractivity contribution < 1.29 is 14.3 Å². The maximum atomic E-state index is 12.9. The fourth-order valence-electron chi connectivity index (χ4n) is 3.59. The lowest BCUT2D eigenvalue weighted by molar-refractivity contribution is -0.121. The highest BCUT2D eigenvalue weighted by molar-refractivity contribution is 6.32. The molecule has 0 aliphatic rings. The van der Waals surface area contributed by atoms with Crippen molar-refractivity contribution >= 4 is 29.2 Å². The zero-order valence-corrected chi connectivity index (χ0v) is 19.6. The fourth-order valence-corrected chi connectivity index (χ4v) is 3.90. The first kappa shape index (κ1) is 24.0. The third-order valence-electron chi connectivity index (χ3n) is 5.04. The monoisotopic (exact) mass is 464 g/mol. The van der Waals surface area contributed by atoms with E-state index < -0.39 is 18.5 Å². The van der Waals surface area contributed by atoms with Gasteiger partial charge in [-0.15, -0.1) is 0 Å². The van der Waals surface area contributed by atoms with E-state index in [0.717, 1.165) is 16.7 Å². The minimum Gasteiger partial charge on any atom is -0.452 e. The number of carbonyl (C=O) groups is 2. The number of aryl methyl sites for hydroxylation is 3. The van der Waals surface area contributed by atoms with E-state index in [1.54, 1.807) is 6.92 Å². The number of carbonyl (C=O) groups excluding carboxylic acids is 2. The quantitative estimate of drug-likeness (QED) is 0.454. The molecule has 0 bridgehead atoms. The summed E-state index contributed by atoms with van der Waals surface area (Å²) < 4.78 is 6.83. The second kappa shape index (κ2) is 10.8. The average Bonchev–Trinajstić information content (AvgIpc) is 3.05. The largest absolute Gasteiger partial charge is 0.452 e. The first-order chi connectivity index (χ1) is 15.8. The number of hydrogen-bond acceptors (Lipinski definition) is 5. The Balaban J connectivity index is 1.73. The van der Waals surface area contributed by atoms with Crippen LogP contribution in [-0.2, 0) is 16.1 Å². The molecular weight excluding hydrogens is 440 g/mol. The topological polar surface area (TPSA) is 88.2 Å². The van der Waals surface area contributed by atoms with E-state index >= 15 is 0 Å². The van der Waals surface area contributed by atoms with Gasteiger partial charge >= 0.3 is 5.97 Å². The van der Waals surface area contributed by atoms with Crippen molar-refractivity contribution in [2.75, 3.05) is 18.1 Å². The highest BCUT2D eigenvalue weighted by Gasteiger charge is 2.24. The number of esters is 1. The maximum Gasteiger partial charge on any atom is 0.343 e. The van der Waals surface area contributed by atoms with Crippen LogP contribution in [0.5, 0.6) is 0 Å². The molecule has 0 N–H and O–H groups in total. The van der Waals surface area contributed by atoms with E-state index in [4.69, 9.17) is 21.6 Å². The molecule has 0 aliphatic carbocycles. The first-order valence-corrected chi connectivity index (χ1v) is 10.9. The number of aromatic nitrogens is 2. The Morgan fingerprint density at radius 1 is 1.12 bits per heavy atom. The summed E-state index contributed by atoms with van der Waals surface area (Å²) in [5.74, 6) is -1.14. The minimum atomic E-state index is -0.717. The van der Waals surface area contributed by atoms with Crippen molar-refractivity contribution in [2.45, 2.75) is 33.7 Å². The summed E-state index contributed by atoms with van der Waals surface area (Å²) in [6.07, 6.45) is 0.157. The van der Waals surface area contributed by atoms with Crippen LogP contribution in [-0.4, -0.2) is 34.8 Å². The SMILES string of the molecule is Cc1cc(C)cc(N(CCC#N)C(=O)COC(=O)c2c(C)nn(Cc3ccccc3)c2Cl)c1. The Labute approximate surface area is 198 Å². The zero-order chi connectivity index (χ0) is 24.0. The standard InChI is InChI=1S/C25H25ClN4O3/c1-17-12-18(2)14-21(13-17)29(11-7-10-27)22(31)16-33-25(32)23-19(3)28-30(24(23)26)15-20-8-5-4-6-9-20/h4-6,8-9,12-14H,7,11,15-16H2,1-3H3. The van der Waals surface area contributed by atoms with E-state index in [-0.39, 0.29) is 23.7 Å². The van der Waals surface area contributed by atoms with Gasteiger partial charge in [0.15, 0.2) is 6.61 Å². The molecule has 0 saturated carbocycles. The van der Waals surface area contributed by atoms with Crippen LogP contribution in [0, 0.1) is 32.1 Å². The number of hydrogen-bond donors (Lipinski definition) is 0. The van der Waals surface area contributed by atoms with Gasteiger partial charge < -0.3 is 9.64 Å². The molecule has 0 unspecified atom stereocenters. The number of nitrogens with zero attached hydrogens (tertiary/aromatic N) is 4. The number of ether oxygens (including phenoxy) is 1. The molecule has 2 aromatic carbocycles. The van der Waals surface area contributed by atoms with E-state index in [1.807, 2.05) is 62.4 Å². The normalized spacial score (nSPS) is 10.5. The number of benzene rings is 2. The molecular formula is C25H25ClN4O3. The van der Waals surface area contributed by atoms with Gasteiger partial charge in [-0.1, -0.05) is 48.0 Å². The fraction of sp³-hybridized carbons (Fsp3) is 0.280. The predicted molar refractivity (Wildman–Crippen MR) is 126 cm³/mol. The third kappa shape index (κ3) is 5.99. The van der Waals surface area contributed by atoms with Crippen LogP contribution in [0.2, 0.25) is 5.15 Å². The lowest BCUT2D eigenvalue weighted by atomic mass is 10.1. The van der Waals surface area contributed by atoms with Gasteiger partial charge in [0.25, 0.3) is 5.91 Å². The second-order valence-electron chi connectivity index (χ2n) is 7.77. The molecule has 0 radical (unpaired) electrons. The summed E-state index contributed by atoms with van der Waals surface area (Å²) in [6.45, 7) is 5.66. The second-order valence-corrected chi connectivity index (χ2v) is 8.13. The molecule has 3 aromatic rings. The Morgan fingerprint density at radius 3 is 2.42 bits per heavy atom. The van der Waals surface area contributed by atoms with E-state index in [2.05, 4.69) is 11.2 Å². The molecule has 0 saturated heterocycles. The molecule has 0 spiro atoms. The lowest BCUT2D eigenvalue weighted by Gasteiger charge is -2.22. The smallest absolute Gasteiger partial charge is 0.343 e. The van der Waals surface area contributed by atoms with Crippen LogP contribution in [0.15, 0.2) is 48.5 Å². The Morgan fingerprint density at radius 2 is 1.79 bits per heavy atom. The van der Waals surface area contributed by atoms with Crippen molar-refractivity contribution in [2.24, 2.45) is 0 Å². The molecule has 0 atom stereocenters. The summed E-state index contributed by atoms with van der Waals surface area (Å²) in [7, 11) is 0. The van der Waals surface area contributed by atoms with E-state index in [1.165, 1.54) is 9.58 Å². The number of halogens is 1. The Bertz CT molecular complexity index is 1180. The highest BCUT2D eigenvalue weighted by Crippen LogP contribution is 2.23. The number of amides is 1. The third-order valence-corrected chi connectivity index (χ3v) is 5.42. The molecule has 0 aliphatic heterocycles. The van der Waals surface area contributed by atoms with Crippen molar-refractivity contribution in [1.29, 1.82) is 5.26 Å². The van der Waals surface area contributed by atoms with Crippen molar-refractivity contribution in [3.63, 3.8) is 0 Å². The van der Waals surface area contributed by atoms with Crippen LogP contribution in [0.4, 0.5) is 5.69 Å². The van der Waals surface area contributed by atoms with Crippen LogP contribution >= 0.6 is 11.6 Å². The van der Waals surface area contributed by atoms with Gasteiger partial charge in [-0.2, -0.15) is 10.4 Å². The zero-order valence-electron chi connectivity index (χ0n) is 18.8. The predicted octanol–water partition coefficient (Wildman–Crippen LogP) is 4.61. The van der Waals surface area contributed by atoms with Gasteiger partial charge in [0.05, 0.1) is 24.7 Å². The van der Waals surface area contributed by atoms with Gasteiger partial charge in [0, 0.05) is 12.2 Å². The minimum absolute atomic E-state index is 0.135. The number of rotatable bonds is 8. The van der Waals surface area contributed by atoms with Crippen molar-refractivity contribution in [3.05, 3.63) is 81.6 Å². The van der Waals surface area contributed by atoms with Gasteiger partial charge in [-0.25, -0.2) is 9.48 Å². The lowest BCUT2D eigenvalue weighted by Crippen LogP contribution is -2.35. The van der Waals surface area contributed by atoms with Crippen molar-refractivity contribution in [1.82, 2.24) is 9.78 Å². The number of nitriles is 1. The molecule has 3 rings (SSSR count). The van der Waals surface area contributed by atoms with Crippen LogP contribution in [0.1, 0.15) is 39.2 Å². The highest BCUT2D eigenvalue weighted by atomic mass is 35.5. The molecule has 1 amide bonds. The molecule has 8 heteroatoms. The van der Waals surface area contributed by atoms with Crippen LogP contribution in [0.25, 0.3) is 0 Å². The van der Waals surface area contributed by atoms with Gasteiger partial charge in [0.2, 0.25) is 0 Å². The molecule has 170 valence electrons. The van der Waals surface area contributed by atoms with Gasteiger partial charge in [0.1, 0.15) is 10.7 Å². The average molecular weight is 465 g/mol. The van der Waals surface area contributed by atoms with E-state index in [9.17, 15) is 9.59 Å². The molecule has 0 fully saturated rings. The summed E-state index contributed by atoms with van der Waals surface area (Å²) in [4.78, 5) is 27.1. The van der Waals surface area contributed by atoms with Gasteiger partial charge in [-0.3, -0.25) is 4.79 Å². The molecule has 1 heterocycles. The van der Waals surface area contributed by atoms with Crippen molar-refractivity contribution in [3.8, 4) is 6.07 Å². The Kier molecular flexibility index (Phi) is 7.86. The van der Waals surface area contributed by atoms with Crippen LogP contribution < -0.4 is 4.90 Å². The number of anilines is 1. The van der Waals surface area contributed by atoms with Gasteiger partial charge in [-0.05, 0) is 49.6 Å². The van der Waals surface area contributed by atoms with Crippen LogP contribution in [0.3, 0.4) is 0 Å². The van der Waals surface area contributed by atoms with E-state index in [0.29, 0.717) is 17.9 Å². The summed E-state index contributed by atoms with van der Waals surface area (Å²) >= 11 is 6.42. The summed E-state index contributed by atoms with van der Waals surface area (Å²) in [6, 6.07) is 17.4. The molecule has 33 heavy (non-hydrogen) atoms. The Hall–Kier alpha value is -3.63. The molecule has 7 nitrogen and oxygen atoms in total. The first-order valence-electron chi connectivity index (χ1n) is 10.5. The summed E-state index contributed by atoms with van der Waals surface area (Å²) in [5.41, 5.74) is 4.18. The maximum absolute atomic E-state index is 12.9. The molecule has 1 aromatic heterocycles. The summed E-state index contributed by atoms with van der Waals surface area (Å²) in [5, 5.41) is 13.5.